The van der Waals surface area contributed by atoms with E-state index in [0.717, 1.165) is 17.7 Å². The molecule has 0 radical (unpaired) electrons. The Balaban J connectivity index is 0.00000480. The molecule has 1 aromatic carbocycles. The Kier molecular flexibility index (Phi) is 10.8. The van der Waals surface area contributed by atoms with Crippen LogP contribution in [0, 0.1) is 0 Å². The van der Waals surface area contributed by atoms with Gasteiger partial charge >= 0.3 is 15.5 Å². The zero-order valence-electron chi connectivity index (χ0n) is 17.9. The van der Waals surface area contributed by atoms with Gasteiger partial charge in [-0.2, -0.15) is 17.5 Å². The predicted molar refractivity (Wildman–Crippen MR) is 129 cm³/mol. The van der Waals surface area contributed by atoms with Crippen molar-refractivity contribution in [3.63, 3.8) is 0 Å². The third kappa shape index (κ3) is 7.97. The second-order valence-corrected chi connectivity index (χ2v) is 9.27. The Hall–Kier alpha value is -1.28. The molecule has 0 unspecified atom stereocenters. The van der Waals surface area contributed by atoms with E-state index in [1.165, 1.54) is 0 Å². The summed E-state index contributed by atoms with van der Waals surface area (Å²) in [5.74, 6) is 0.583. The molecule has 31 heavy (non-hydrogen) atoms. The van der Waals surface area contributed by atoms with Gasteiger partial charge in [-0.05, 0) is 43.9 Å². The molecule has 12 heteroatoms. The number of hydrogen-bond donors (Lipinski definition) is 2. The largest absolute Gasteiger partial charge is 0.511 e. The van der Waals surface area contributed by atoms with Crippen molar-refractivity contribution < 1.29 is 21.6 Å². The number of aliphatic imine (C=N–C) groups is 1. The second-order valence-electron chi connectivity index (χ2n) is 7.34. The molecule has 0 bridgehead atoms. The van der Waals surface area contributed by atoms with Gasteiger partial charge in [0.05, 0.1) is 0 Å². The van der Waals surface area contributed by atoms with Crippen LogP contribution in [-0.2, 0) is 16.4 Å². The lowest BCUT2D eigenvalue weighted by Crippen LogP contribution is -2.51. The van der Waals surface area contributed by atoms with Crippen molar-refractivity contribution in [2.24, 2.45) is 4.99 Å². The number of sulfonamides is 1. The number of guanidine groups is 1. The first kappa shape index (κ1) is 27.8. The minimum atomic E-state index is -5.26. The molecule has 1 fully saturated rings. The number of hydrogen-bond acceptors (Lipinski definition) is 4. The van der Waals surface area contributed by atoms with E-state index in [4.69, 9.17) is 0 Å². The van der Waals surface area contributed by atoms with Crippen LogP contribution in [0.15, 0.2) is 29.3 Å². The summed E-state index contributed by atoms with van der Waals surface area (Å²) in [6.45, 7) is 2.78. The van der Waals surface area contributed by atoms with Gasteiger partial charge in [0.15, 0.2) is 5.96 Å². The van der Waals surface area contributed by atoms with Gasteiger partial charge in [0.2, 0.25) is 0 Å². The number of nitrogens with one attached hydrogen (secondary N) is 2. The Labute approximate surface area is 199 Å². The number of benzene rings is 1. The van der Waals surface area contributed by atoms with Crippen molar-refractivity contribution in [1.82, 2.24) is 14.9 Å². The number of halogens is 4. The fraction of sp³-hybridized carbons (Fsp3) is 0.632. The predicted octanol–water partition coefficient (Wildman–Crippen LogP) is 2.78. The van der Waals surface area contributed by atoms with Gasteiger partial charge in [0, 0.05) is 52.0 Å². The highest BCUT2D eigenvalue weighted by Gasteiger charge is 2.50. The lowest BCUT2D eigenvalue weighted by molar-refractivity contribution is -0.0494. The molecule has 0 spiro atoms. The maximum absolute atomic E-state index is 12.7. The Bertz CT molecular complexity index is 809. The lowest BCUT2D eigenvalue weighted by atomic mass is 10.1. The van der Waals surface area contributed by atoms with Gasteiger partial charge in [-0.1, -0.05) is 12.1 Å². The quantitative estimate of drug-likeness (QED) is 0.296. The fourth-order valence-corrected chi connectivity index (χ4v) is 4.14. The van der Waals surface area contributed by atoms with E-state index in [1.807, 2.05) is 38.1 Å². The summed E-state index contributed by atoms with van der Waals surface area (Å²) in [6, 6.07) is 8.07. The molecule has 0 amide bonds. The Morgan fingerprint density at radius 2 is 1.77 bits per heavy atom. The van der Waals surface area contributed by atoms with Crippen LogP contribution in [-0.4, -0.2) is 70.5 Å². The maximum Gasteiger partial charge on any atom is 0.511 e. The summed E-state index contributed by atoms with van der Waals surface area (Å²) in [7, 11) is -1.29. The molecule has 1 aliphatic rings. The summed E-state index contributed by atoms with van der Waals surface area (Å²) in [6.07, 6.45) is 1.32. The van der Waals surface area contributed by atoms with E-state index < -0.39 is 15.5 Å². The van der Waals surface area contributed by atoms with Crippen molar-refractivity contribution in [1.29, 1.82) is 0 Å². The van der Waals surface area contributed by atoms with Gasteiger partial charge in [-0.25, -0.2) is 8.42 Å². The molecule has 7 nitrogen and oxygen atoms in total. The lowest BCUT2D eigenvalue weighted by Gasteiger charge is -2.32. The molecular weight excluding hydrogens is 546 g/mol. The maximum atomic E-state index is 12.7. The second kappa shape index (κ2) is 12.1. The number of anilines is 1. The number of rotatable bonds is 7. The molecule has 2 N–H and O–H groups in total. The zero-order valence-corrected chi connectivity index (χ0v) is 21.1. The van der Waals surface area contributed by atoms with Crippen LogP contribution in [0.4, 0.5) is 18.9 Å². The van der Waals surface area contributed by atoms with Crippen LogP contribution < -0.4 is 15.5 Å². The zero-order chi connectivity index (χ0) is 22.4. The standard InChI is InChI=1S/C19H30F3N5O2S.HI/c1-4-23-18(24-12-9-15-5-7-17(8-6-15)26(2)3)25-16-10-13-27(14-11-16)30(28,29)19(20,21)22;/h5-8,16H,4,9-14H2,1-3H3,(H2,23,24,25);1H. The van der Waals surface area contributed by atoms with Crippen molar-refractivity contribution in [3.8, 4) is 0 Å². The first-order valence-electron chi connectivity index (χ1n) is 9.92. The molecule has 1 heterocycles. The summed E-state index contributed by atoms with van der Waals surface area (Å²) in [5, 5.41) is 6.33. The van der Waals surface area contributed by atoms with E-state index in [0.29, 0.717) is 23.4 Å². The smallest absolute Gasteiger partial charge is 0.378 e. The first-order chi connectivity index (χ1) is 14.0. The van der Waals surface area contributed by atoms with E-state index in [2.05, 4.69) is 27.8 Å². The average Bonchev–Trinajstić information content (AvgIpc) is 2.68. The van der Waals surface area contributed by atoms with Crippen molar-refractivity contribution in [3.05, 3.63) is 29.8 Å². The number of nitrogens with zero attached hydrogens (tertiary/aromatic N) is 3. The molecule has 178 valence electrons. The highest BCUT2D eigenvalue weighted by atomic mass is 127. The number of piperidine rings is 1. The first-order valence-corrected chi connectivity index (χ1v) is 11.4. The third-order valence-corrected chi connectivity index (χ3v) is 6.52. The molecule has 0 atom stereocenters. The third-order valence-electron chi connectivity index (χ3n) is 4.89. The van der Waals surface area contributed by atoms with E-state index in [1.54, 1.807) is 0 Å². The van der Waals surface area contributed by atoms with E-state index in [-0.39, 0.29) is 55.9 Å². The summed E-state index contributed by atoms with van der Waals surface area (Å²) in [4.78, 5) is 6.57. The monoisotopic (exact) mass is 577 g/mol. The summed E-state index contributed by atoms with van der Waals surface area (Å²) >= 11 is 0. The van der Waals surface area contributed by atoms with Crippen LogP contribution in [0.25, 0.3) is 0 Å². The molecule has 1 saturated heterocycles. The van der Waals surface area contributed by atoms with Gasteiger partial charge in [-0.15, -0.1) is 24.0 Å². The van der Waals surface area contributed by atoms with Crippen LogP contribution in [0.2, 0.25) is 0 Å². The minimum absolute atomic E-state index is 0. The molecule has 2 rings (SSSR count). The minimum Gasteiger partial charge on any atom is -0.378 e. The van der Waals surface area contributed by atoms with Crippen molar-refractivity contribution in [2.75, 3.05) is 45.2 Å². The highest BCUT2D eigenvalue weighted by Crippen LogP contribution is 2.28. The average molecular weight is 577 g/mol. The van der Waals surface area contributed by atoms with Gasteiger partial charge < -0.3 is 15.5 Å². The SMILES string of the molecule is CCNC(=NCCc1ccc(N(C)C)cc1)NC1CCN(S(=O)(=O)C(F)(F)F)CC1.I. The van der Waals surface area contributed by atoms with Crippen molar-refractivity contribution >= 4 is 45.6 Å². The van der Waals surface area contributed by atoms with Crippen LogP contribution in [0.3, 0.4) is 0 Å². The molecule has 0 saturated carbocycles. The van der Waals surface area contributed by atoms with Gasteiger partial charge in [0.1, 0.15) is 0 Å². The van der Waals surface area contributed by atoms with E-state index >= 15 is 0 Å². The summed E-state index contributed by atoms with van der Waals surface area (Å²) in [5.41, 5.74) is -2.98. The van der Waals surface area contributed by atoms with E-state index in [9.17, 15) is 21.6 Å². The Morgan fingerprint density at radius 3 is 2.26 bits per heavy atom. The van der Waals surface area contributed by atoms with Crippen LogP contribution in [0.1, 0.15) is 25.3 Å². The molecule has 0 aliphatic carbocycles. The van der Waals surface area contributed by atoms with Crippen LogP contribution >= 0.6 is 24.0 Å². The number of alkyl halides is 3. The molecule has 1 aromatic rings. The van der Waals surface area contributed by atoms with Crippen molar-refractivity contribution in [2.45, 2.75) is 37.7 Å². The highest BCUT2D eigenvalue weighted by molar-refractivity contribution is 14.0. The molecule has 1 aliphatic heterocycles. The van der Waals surface area contributed by atoms with Gasteiger partial charge in [0.25, 0.3) is 0 Å². The molecule has 0 aromatic heterocycles. The normalized spacial score (nSPS) is 16.5. The fourth-order valence-electron chi connectivity index (χ4n) is 3.16. The van der Waals surface area contributed by atoms with Crippen LogP contribution in [0.5, 0.6) is 0 Å². The summed E-state index contributed by atoms with van der Waals surface area (Å²) < 4.78 is 61.6. The Morgan fingerprint density at radius 1 is 1.19 bits per heavy atom. The van der Waals surface area contributed by atoms with Gasteiger partial charge in [-0.3, -0.25) is 4.99 Å². The topological polar surface area (TPSA) is 77.0 Å². The molecular formula is C19H31F3IN5O2S.